The van der Waals surface area contributed by atoms with Gasteiger partial charge >= 0.3 is 0 Å². The lowest BCUT2D eigenvalue weighted by molar-refractivity contribution is 0.669. The number of hydrogen-bond donors (Lipinski definition) is 0. The minimum absolute atomic E-state index is 0.917. The molecule has 0 unspecified atom stereocenters. The Bertz CT molecular complexity index is 3490. The molecule has 0 spiro atoms. The predicted molar refractivity (Wildman–Crippen MR) is 239 cm³/mol. The van der Waals surface area contributed by atoms with Crippen molar-refractivity contribution < 1.29 is 4.42 Å². The molecule has 12 aromatic rings. The quantitative estimate of drug-likeness (QED) is 0.173. The van der Waals surface area contributed by atoms with Crippen LogP contribution >= 0.6 is 0 Å². The van der Waals surface area contributed by atoms with Crippen LogP contribution in [-0.2, 0) is 0 Å². The molecule has 266 valence electrons. The SMILES string of the molecule is c1ccc(-n2c3ccccc3c3c(-c4ccc5c6ccccc6n(-c6ccc(-c7ccc(-c8ccc9oc%10ccccc%10c9c8)cc7)cc6)c5c4)cccc32)cc1. The summed E-state index contributed by atoms with van der Waals surface area (Å²) in [5.74, 6) is 0. The summed E-state index contributed by atoms with van der Waals surface area (Å²) in [5.41, 5.74) is 16.1. The van der Waals surface area contributed by atoms with E-state index in [1.807, 2.05) is 12.1 Å². The molecule has 0 atom stereocenters. The van der Waals surface area contributed by atoms with E-state index in [0.717, 1.165) is 33.3 Å². The Morgan fingerprint density at radius 2 is 0.807 bits per heavy atom. The van der Waals surface area contributed by atoms with E-state index >= 15 is 0 Å². The fraction of sp³-hybridized carbons (Fsp3) is 0. The van der Waals surface area contributed by atoms with Crippen LogP contribution in [0.1, 0.15) is 0 Å². The largest absolute Gasteiger partial charge is 0.456 e. The average molecular weight is 727 g/mol. The molecule has 3 nitrogen and oxygen atoms in total. The lowest BCUT2D eigenvalue weighted by atomic mass is 9.98. The number of aromatic nitrogens is 2. The number of fused-ring (bicyclic) bond motifs is 9. The fourth-order valence-electron chi connectivity index (χ4n) is 9.10. The first kappa shape index (κ1) is 31.7. The maximum absolute atomic E-state index is 6.07. The van der Waals surface area contributed by atoms with Crippen LogP contribution in [0.5, 0.6) is 0 Å². The van der Waals surface area contributed by atoms with Crippen molar-refractivity contribution in [1.82, 2.24) is 9.13 Å². The molecular formula is C54H34N2O. The molecule has 0 radical (unpaired) electrons. The van der Waals surface area contributed by atoms with E-state index in [1.54, 1.807) is 0 Å². The molecule has 3 aromatic heterocycles. The predicted octanol–water partition coefficient (Wildman–Crippen LogP) is 14.8. The van der Waals surface area contributed by atoms with Gasteiger partial charge < -0.3 is 13.6 Å². The van der Waals surface area contributed by atoms with Gasteiger partial charge in [0.05, 0.1) is 22.1 Å². The maximum Gasteiger partial charge on any atom is 0.135 e. The van der Waals surface area contributed by atoms with E-state index in [2.05, 4.69) is 203 Å². The summed E-state index contributed by atoms with van der Waals surface area (Å²) in [5, 5.41) is 7.31. The van der Waals surface area contributed by atoms with Gasteiger partial charge in [0.15, 0.2) is 0 Å². The zero-order valence-electron chi connectivity index (χ0n) is 30.9. The molecule has 0 bridgehead atoms. The Morgan fingerprint density at radius 3 is 1.60 bits per heavy atom. The van der Waals surface area contributed by atoms with Crippen molar-refractivity contribution in [3.63, 3.8) is 0 Å². The van der Waals surface area contributed by atoms with E-state index in [-0.39, 0.29) is 0 Å². The van der Waals surface area contributed by atoms with Crippen molar-refractivity contribution >= 4 is 65.6 Å². The zero-order chi connectivity index (χ0) is 37.5. The van der Waals surface area contributed by atoms with Crippen LogP contribution in [0.4, 0.5) is 0 Å². The lowest BCUT2D eigenvalue weighted by Crippen LogP contribution is -1.94. The monoisotopic (exact) mass is 726 g/mol. The van der Waals surface area contributed by atoms with Gasteiger partial charge in [-0.15, -0.1) is 0 Å². The van der Waals surface area contributed by atoms with Crippen LogP contribution in [0.15, 0.2) is 211 Å². The number of para-hydroxylation sites is 4. The van der Waals surface area contributed by atoms with Gasteiger partial charge in [-0.2, -0.15) is 0 Å². The van der Waals surface area contributed by atoms with Gasteiger partial charge in [-0.1, -0.05) is 140 Å². The molecule has 12 rings (SSSR count). The summed E-state index contributed by atoms with van der Waals surface area (Å²) in [7, 11) is 0. The highest BCUT2D eigenvalue weighted by atomic mass is 16.3. The van der Waals surface area contributed by atoms with Crippen molar-refractivity contribution in [2.45, 2.75) is 0 Å². The molecule has 0 N–H and O–H groups in total. The maximum atomic E-state index is 6.07. The number of nitrogens with zero attached hydrogens (tertiary/aromatic N) is 2. The lowest BCUT2D eigenvalue weighted by Gasteiger charge is -2.12. The van der Waals surface area contributed by atoms with Crippen molar-refractivity contribution in [2.24, 2.45) is 0 Å². The summed E-state index contributed by atoms with van der Waals surface area (Å²) in [6, 6.07) is 74.5. The van der Waals surface area contributed by atoms with E-state index in [9.17, 15) is 0 Å². The second-order valence-corrected chi connectivity index (χ2v) is 14.9. The van der Waals surface area contributed by atoms with E-state index in [4.69, 9.17) is 4.42 Å². The van der Waals surface area contributed by atoms with Gasteiger partial charge in [0, 0.05) is 43.7 Å². The molecule has 57 heavy (non-hydrogen) atoms. The number of hydrogen-bond acceptors (Lipinski definition) is 1. The van der Waals surface area contributed by atoms with Gasteiger partial charge in [-0.05, 0) is 100 Å². The van der Waals surface area contributed by atoms with Crippen molar-refractivity contribution in [3.8, 4) is 44.8 Å². The Hall–Kier alpha value is -7.62. The van der Waals surface area contributed by atoms with E-state index < -0.39 is 0 Å². The molecule has 0 fully saturated rings. The summed E-state index contributed by atoms with van der Waals surface area (Å²) in [4.78, 5) is 0. The Kier molecular flexibility index (Phi) is 6.93. The second kappa shape index (κ2) is 12.5. The molecule has 3 heteroatoms. The molecule has 0 aliphatic rings. The van der Waals surface area contributed by atoms with Gasteiger partial charge in [-0.25, -0.2) is 0 Å². The van der Waals surface area contributed by atoms with Crippen molar-refractivity contribution in [2.75, 3.05) is 0 Å². The molecule has 0 saturated carbocycles. The molecule has 0 aliphatic carbocycles. The number of furan rings is 1. The summed E-state index contributed by atoms with van der Waals surface area (Å²) in [6.07, 6.45) is 0. The summed E-state index contributed by atoms with van der Waals surface area (Å²) in [6.45, 7) is 0. The Balaban J connectivity index is 0.944. The highest BCUT2D eigenvalue weighted by Crippen LogP contribution is 2.41. The van der Waals surface area contributed by atoms with Gasteiger partial charge in [-0.3, -0.25) is 0 Å². The van der Waals surface area contributed by atoms with Crippen LogP contribution in [-0.4, -0.2) is 9.13 Å². The molecule has 0 amide bonds. The highest BCUT2D eigenvalue weighted by molar-refractivity contribution is 6.17. The third-order valence-corrected chi connectivity index (χ3v) is 11.8. The van der Waals surface area contributed by atoms with Crippen molar-refractivity contribution in [1.29, 1.82) is 0 Å². The van der Waals surface area contributed by atoms with E-state index in [1.165, 1.54) is 77.0 Å². The molecule has 3 heterocycles. The molecule has 9 aromatic carbocycles. The zero-order valence-corrected chi connectivity index (χ0v) is 30.9. The summed E-state index contributed by atoms with van der Waals surface area (Å²) < 4.78 is 10.9. The Morgan fingerprint density at radius 1 is 0.281 bits per heavy atom. The van der Waals surface area contributed by atoms with Crippen LogP contribution in [0.25, 0.3) is 110 Å². The van der Waals surface area contributed by atoms with Crippen LogP contribution in [0.3, 0.4) is 0 Å². The molecule has 0 saturated heterocycles. The minimum atomic E-state index is 0.917. The van der Waals surface area contributed by atoms with Gasteiger partial charge in [0.2, 0.25) is 0 Å². The third-order valence-electron chi connectivity index (χ3n) is 11.8. The molecule has 0 aliphatic heterocycles. The van der Waals surface area contributed by atoms with Crippen LogP contribution < -0.4 is 0 Å². The first-order valence-corrected chi connectivity index (χ1v) is 19.5. The topological polar surface area (TPSA) is 23.0 Å². The normalized spacial score (nSPS) is 11.9. The number of benzene rings is 9. The third kappa shape index (κ3) is 4.92. The van der Waals surface area contributed by atoms with Gasteiger partial charge in [0.1, 0.15) is 11.2 Å². The first-order valence-electron chi connectivity index (χ1n) is 19.5. The molecular weight excluding hydrogens is 693 g/mol. The number of rotatable bonds is 5. The van der Waals surface area contributed by atoms with E-state index in [0.29, 0.717) is 0 Å². The minimum Gasteiger partial charge on any atom is -0.456 e. The van der Waals surface area contributed by atoms with Crippen molar-refractivity contribution in [3.05, 3.63) is 206 Å². The highest BCUT2D eigenvalue weighted by Gasteiger charge is 2.18. The van der Waals surface area contributed by atoms with Crippen LogP contribution in [0, 0.1) is 0 Å². The summed E-state index contributed by atoms with van der Waals surface area (Å²) >= 11 is 0. The van der Waals surface area contributed by atoms with Gasteiger partial charge in [0.25, 0.3) is 0 Å². The first-order chi connectivity index (χ1) is 28.3. The average Bonchev–Trinajstić information content (AvgIpc) is 3.94. The van der Waals surface area contributed by atoms with Crippen LogP contribution in [0.2, 0.25) is 0 Å². The smallest absolute Gasteiger partial charge is 0.135 e. The fourth-order valence-corrected chi connectivity index (χ4v) is 9.10. The second-order valence-electron chi connectivity index (χ2n) is 14.9. The Labute approximate surface area is 328 Å². The standard InChI is InChI=1S/C54H34N2O/c1-2-11-40(12-3-1)55-49-18-8-5-15-46(49)54-42(16-10-19-50(54)55)39-27-31-44-43-13-4-7-17-48(43)56(51(44)34-39)41-29-25-36(26-30-41)35-21-23-37(24-22-35)38-28-32-53-47(33-38)45-14-6-9-20-52(45)57-53/h1-34H.